The molecule has 0 unspecified atom stereocenters. The summed E-state index contributed by atoms with van der Waals surface area (Å²) in [5.74, 6) is -0.977. The molecule has 0 radical (unpaired) electrons. The molecule has 28 heavy (non-hydrogen) atoms. The van der Waals surface area contributed by atoms with Crippen molar-refractivity contribution < 1.29 is 30.0 Å². The molecule has 1 rings (SSSR count). The van der Waals surface area contributed by atoms with Gasteiger partial charge in [-0.2, -0.15) is 0 Å². The van der Waals surface area contributed by atoms with Gasteiger partial charge in [-0.3, -0.25) is 4.79 Å². The van der Waals surface area contributed by atoms with E-state index in [0.717, 1.165) is 19.3 Å². The number of aliphatic hydroxyl groups is 3. The SMILES string of the molecule is CC/C=C\C/C=C\C/C=C\C[C@@H]1O[C@@H]([C@@H](O)/C=C/[C@H](O)CCC(=O)O)C[C@@H]1O. The van der Waals surface area contributed by atoms with Crippen LogP contribution in [0.2, 0.25) is 0 Å². The molecule has 158 valence electrons. The van der Waals surface area contributed by atoms with Gasteiger partial charge in [0.15, 0.2) is 0 Å². The van der Waals surface area contributed by atoms with Crippen LogP contribution in [0.5, 0.6) is 0 Å². The van der Waals surface area contributed by atoms with E-state index in [1.165, 1.54) is 12.2 Å². The van der Waals surface area contributed by atoms with Gasteiger partial charge in [0.05, 0.1) is 30.5 Å². The number of ether oxygens (including phenoxy) is 1. The van der Waals surface area contributed by atoms with E-state index in [2.05, 4.69) is 31.2 Å². The minimum absolute atomic E-state index is 0.0868. The fourth-order valence-electron chi connectivity index (χ4n) is 2.87. The Kier molecular flexibility index (Phi) is 12.4. The Hall–Kier alpha value is -1.73. The first-order chi connectivity index (χ1) is 13.4. The molecule has 1 aliphatic heterocycles. The van der Waals surface area contributed by atoms with Crippen molar-refractivity contribution in [1.29, 1.82) is 0 Å². The van der Waals surface area contributed by atoms with Crippen LogP contribution in [0, 0.1) is 0 Å². The second-order valence-corrected chi connectivity index (χ2v) is 6.92. The molecule has 0 aromatic carbocycles. The fraction of sp³-hybridized carbons (Fsp3) is 0.591. The van der Waals surface area contributed by atoms with Crippen molar-refractivity contribution in [3.8, 4) is 0 Å². The van der Waals surface area contributed by atoms with Crippen molar-refractivity contribution in [3.05, 3.63) is 48.6 Å². The summed E-state index contributed by atoms with van der Waals surface area (Å²) in [4.78, 5) is 10.5. The summed E-state index contributed by atoms with van der Waals surface area (Å²) in [6.07, 6.45) is 15.5. The van der Waals surface area contributed by atoms with E-state index < -0.39 is 30.4 Å². The number of aliphatic hydroxyl groups excluding tert-OH is 3. The number of hydrogen-bond donors (Lipinski definition) is 4. The maximum absolute atomic E-state index is 10.5. The van der Waals surface area contributed by atoms with Gasteiger partial charge in [0, 0.05) is 12.8 Å². The lowest BCUT2D eigenvalue weighted by Crippen LogP contribution is -2.24. The van der Waals surface area contributed by atoms with Crippen molar-refractivity contribution in [3.63, 3.8) is 0 Å². The first-order valence-electron chi connectivity index (χ1n) is 9.98. The lowest BCUT2D eigenvalue weighted by molar-refractivity contribution is -0.137. The molecule has 0 aliphatic carbocycles. The highest BCUT2D eigenvalue weighted by Crippen LogP contribution is 2.26. The molecule has 6 heteroatoms. The molecule has 0 aromatic heterocycles. The van der Waals surface area contributed by atoms with E-state index in [4.69, 9.17) is 9.84 Å². The molecule has 1 fully saturated rings. The summed E-state index contributed by atoms with van der Waals surface area (Å²) in [7, 11) is 0. The summed E-state index contributed by atoms with van der Waals surface area (Å²) in [5.41, 5.74) is 0. The minimum Gasteiger partial charge on any atom is -0.481 e. The highest BCUT2D eigenvalue weighted by atomic mass is 16.5. The van der Waals surface area contributed by atoms with E-state index in [0.29, 0.717) is 12.8 Å². The Morgan fingerprint density at radius 3 is 2.36 bits per heavy atom. The molecular formula is C22H34O6. The largest absolute Gasteiger partial charge is 0.481 e. The third-order valence-corrected chi connectivity index (χ3v) is 4.47. The van der Waals surface area contributed by atoms with Crippen LogP contribution in [0.4, 0.5) is 0 Å². The Balaban J connectivity index is 2.32. The quantitative estimate of drug-likeness (QED) is 0.358. The van der Waals surface area contributed by atoms with Crippen LogP contribution >= 0.6 is 0 Å². The fourth-order valence-corrected chi connectivity index (χ4v) is 2.87. The van der Waals surface area contributed by atoms with Crippen LogP contribution in [-0.2, 0) is 9.53 Å². The average Bonchev–Trinajstić information content (AvgIpc) is 3.03. The van der Waals surface area contributed by atoms with Crippen LogP contribution in [0.25, 0.3) is 0 Å². The van der Waals surface area contributed by atoms with Crippen LogP contribution < -0.4 is 0 Å². The zero-order valence-corrected chi connectivity index (χ0v) is 16.6. The highest BCUT2D eigenvalue weighted by Gasteiger charge is 2.36. The number of rotatable bonds is 13. The summed E-state index contributed by atoms with van der Waals surface area (Å²) in [6.45, 7) is 2.11. The van der Waals surface area contributed by atoms with Gasteiger partial charge in [-0.15, -0.1) is 0 Å². The lowest BCUT2D eigenvalue weighted by atomic mass is 10.0. The van der Waals surface area contributed by atoms with E-state index in [-0.39, 0.29) is 18.9 Å². The molecule has 6 nitrogen and oxygen atoms in total. The summed E-state index contributed by atoms with van der Waals surface area (Å²) >= 11 is 0. The van der Waals surface area contributed by atoms with E-state index in [9.17, 15) is 20.1 Å². The molecule has 4 N–H and O–H groups in total. The Morgan fingerprint density at radius 2 is 1.71 bits per heavy atom. The summed E-state index contributed by atoms with van der Waals surface area (Å²) in [6, 6.07) is 0. The standard InChI is InChI=1S/C22H34O6/c1-2-3-4-5-6-7-8-9-10-11-20-19(25)16-21(28-20)18(24)14-12-17(23)13-15-22(26)27/h3-4,6-7,9-10,12,14,17-21,23-25H,2,5,8,11,13,15-16H2,1H3,(H,26,27)/b4-3-,7-6-,10-9-,14-12+/t17-,18-,19-,20-,21+/m0/s1. The number of carbonyl (C=O) groups is 1. The van der Waals surface area contributed by atoms with E-state index in [1.807, 2.05) is 12.2 Å². The van der Waals surface area contributed by atoms with Gasteiger partial charge in [-0.05, 0) is 32.1 Å². The van der Waals surface area contributed by atoms with Gasteiger partial charge in [-0.1, -0.05) is 55.5 Å². The maximum atomic E-state index is 10.5. The number of allylic oxidation sites excluding steroid dienone is 5. The Bertz CT molecular complexity index is 551. The number of carboxylic acids is 1. The van der Waals surface area contributed by atoms with Gasteiger partial charge in [0.25, 0.3) is 0 Å². The number of hydrogen-bond acceptors (Lipinski definition) is 5. The smallest absolute Gasteiger partial charge is 0.303 e. The second-order valence-electron chi connectivity index (χ2n) is 6.92. The number of aliphatic carboxylic acids is 1. The van der Waals surface area contributed by atoms with Crippen LogP contribution in [0.1, 0.15) is 51.9 Å². The first kappa shape index (κ1) is 24.3. The molecule has 0 bridgehead atoms. The summed E-state index contributed by atoms with van der Waals surface area (Å²) in [5, 5.41) is 38.5. The molecule has 1 aliphatic rings. The Labute approximate surface area is 167 Å². The monoisotopic (exact) mass is 394 g/mol. The first-order valence-corrected chi connectivity index (χ1v) is 9.98. The van der Waals surface area contributed by atoms with Gasteiger partial charge in [0.2, 0.25) is 0 Å². The molecule has 0 saturated carbocycles. The van der Waals surface area contributed by atoms with Crippen LogP contribution in [0.15, 0.2) is 48.6 Å². The van der Waals surface area contributed by atoms with E-state index >= 15 is 0 Å². The van der Waals surface area contributed by atoms with Gasteiger partial charge in [-0.25, -0.2) is 0 Å². The van der Waals surface area contributed by atoms with Crippen molar-refractivity contribution in [1.82, 2.24) is 0 Å². The maximum Gasteiger partial charge on any atom is 0.303 e. The normalized spacial score (nSPS) is 25.5. The van der Waals surface area contributed by atoms with E-state index in [1.54, 1.807) is 0 Å². The molecule has 1 heterocycles. The molecule has 0 spiro atoms. The predicted octanol–water partition coefficient (Wildman–Crippen LogP) is 2.90. The zero-order chi connectivity index (χ0) is 20.8. The minimum atomic E-state index is -0.977. The van der Waals surface area contributed by atoms with Crippen LogP contribution in [0.3, 0.4) is 0 Å². The highest BCUT2D eigenvalue weighted by molar-refractivity contribution is 5.66. The average molecular weight is 395 g/mol. The topological polar surface area (TPSA) is 107 Å². The van der Waals surface area contributed by atoms with Crippen molar-refractivity contribution >= 4 is 5.97 Å². The van der Waals surface area contributed by atoms with Crippen molar-refractivity contribution in [2.24, 2.45) is 0 Å². The molecule has 0 aromatic rings. The molecule has 0 amide bonds. The third-order valence-electron chi connectivity index (χ3n) is 4.47. The van der Waals surface area contributed by atoms with Crippen molar-refractivity contribution in [2.75, 3.05) is 0 Å². The van der Waals surface area contributed by atoms with Gasteiger partial charge in [0.1, 0.15) is 0 Å². The second kappa shape index (κ2) is 14.3. The Morgan fingerprint density at radius 1 is 1.07 bits per heavy atom. The lowest BCUT2D eigenvalue weighted by Gasteiger charge is -2.16. The molecule has 1 saturated heterocycles. The number of carboxylic acid groups (broad SMARTS) is 1. The predicted molar refractivity (Wildman–Crippen MR) is 109 cm³/mol. The molecule has 5 atom stereocenters. The zero-order valence-electron chi connectivity index (χ0n) is 16.6. The van der Waals surface area contributed by atoms with Crippen LogP contribution in [-0.4, -0.2) is 56.9 Å². The van der Waals surface area contributed by atoms with Crippen molar-refractivity contribution in [2.45, 2.75) is 82.4 Å². The molecular weight excluding hydrogens is 360 g/mol. The third kappa shape index (κ3) is 10.6. The van der Waals surface area contributed by atoms with Gasteiger partial charge < -0.3 is 25.2 Å². The summed E-state index contributed by atoms with van der Waals surface area (Å²) < 4.78 is 5.73. The van der Waals surface area contributed by atoms with Gasteiger partial charge >= 0.3 is 5.97 Å².